The van der Waals surface area contributed by atoms with Gasteiger partial charge in [-0.05, 0) is 17.7 Å². The lowest BCUT2D eigenvalue weighted by Gasteiger charge is -2.13. The molecule has 0 unspecified atom stereocenters. The molecule has 1 rings (SSSR count). The molecule has 1 aromatic carbocycles. The van der Waals surface area contributed by atoms with Gasteiger partial charge in [0.2, 0.25) is 0 Å². The molecule has 0 aromatic heterocycles. The summed E-state index contributed by atoms with van der Waals surface area (Å²) < 4.78 is 42.7. The molecule has 0 fully saturated rings. The van der Waals surface area contributed by atoms with Crippen LogP contribution in [0.3, 0.4) is 0 Å². The topological polar surface area (TPSA) is 56.8 Å². The molecule has 0 saturated carbocycles. The number of methoxy groups -OCH3 is 1. The number of rotatable bonds is 2. The summed E-state index contributed by atoms with van der Waals surface area (Å²) in [6.45, 7) is 0. The minimum Gasteiger partial charge on any atom is -0.495 e. The quantitative estimate of drug-likeness (QED) is 0.798. The highest BCUT2D eigenvalue weighted by molar-refractivity contribution is 5.50. The van der Waals surface area contributed by atoms with Crippen molar-refractivity contribution in [1.29, 1.82) is 10.5 Å². The van der Waals surface area contributed by atoms with Crippen LogP contribution in [0.15, 0.2) is 12.1 Å². The smallest absolute Gasteiger partial charge is 0.416 e. The second kappa shape index (κ2) is 4.75. The molecule has 6 heteroatoms. The molecule has 1 aromatic rings. The maximum Gasteiger partial charge on any atom is 0.416 e. The van der Waals surface area contributed by atoms with Crippen LogP contribution < -0.4 is 4.74 Å². The molecule has 0 bridgehead atoms. The lowest BCUT2D eigenvalue weighted by atomic mass is 10.0. The lowest BCUT2D eigenvalue weighted by Crippen LogP contribution is -2.10. The van der Waals surface area contributed by atoms with Gasteiger partial charge in [-0.2, -0.15) is 23.7 Å². The van der Waals surface area contributed by atoms with E-state index in [1.807, 2.05) is 0 Å². The molecule has 0 N–H and O–H groups in total. The van der Waals surface area contributed by atoms with Crippen molar-refractivity contribution in [1.82, 2.24) is 0 Å². The van der Waals surface area contributed by atoms with Gasteiger partial charge >= 0.3 is 6.18 Å². The van der Waals surface area contributed by atoms with E-state index in [0.717, 1.165) is 12.1 Å². The molecule has 0 amide bonds. The fraction of sp³-hybridized carbons (Fsp3) is 0.273. The van der Waals surface area contributed by atoms with Gasteiger partial charge in [0, 0.05) is 0 Å². The summed E-state index contributed by atoms with van der Waals surface area (Å²) in [5.41, 5.74) is -1.20. The first kappa shape index (κ1) is 12.9. The Morgan fingerprint density at radius 1 is 1.29 bits per heavy atom. The fourth-order valence-corrected chi connectivity index (χ4v) is 1.38. The monoisotopic (exact) mass is 240 g/mol. The van der Waals surface area contributed by atoms with Crippen LogP contribution in [0.2, 0.25) is 0 Å². The second-order valence-corrected chi connectivity index (χ2v) is 3.15. The van der Waals surface area contributed by atoms with Crippen molar-refractivity contribution >= 4 is 0 Å². The Kier molecular flexibility index (Phi) is 3.59. The molecule has 0 aliphatic rings. The number of alkyl halides is 3. The van der Waals surface area contributed by atoms with Gasteiger partial charge < -0.3 is 4.74 Å². The first-order valence-corrected chi connectivity index (χ1v) is 4.49. The maximum atomic E-state index is 12.7. The molecule has 0 aliphatic carbocycles. The Morgan fingerprint density at radius 3 is 2.35 bits per heavy atom. The van der Waals surface area contributed by atoms with Crippen LogP contribution in [0, 0.1) is 22.7 Å². The highest BCUT2D eigenvalue weighted by atomic mass is 19.4. The molecule has 0 spiro atoms. The number of nitrogens with zero attached hydrogens (tertiary/aromatic N) is 2. The van der Waals surface area contributed by atoms with Crippen LogP contribution in [-0.4, -0.2) is 7.11 Å². The predicted molar refractivity (Wildman–Crippen MR) is 52.0 cm³/mol. The largest absolute Gasteiger partial charge is 0.495 e. The summed E-state index contributed by atoms with van der Waals surface area (Å²) in [6.07, 6.45) is -4.99. The summed E-state index contributed by atoms with van der Waals surface area (Å²) >= 11 is 0. The number of nitriles is 2. The van der Waals surface area contributed by atoms with Gasteiger partial charge in [0.15, 0.2) is 0 Å². The maximum absolute atomic E-state index is 12.7. The predicted octanol–water partition coefficient (Wildman–Crippen LogP) is 2.65. The Balaban J connectivity index is 3.48. The minimum absolute atomic E-state index is 0.0225. The third kappa shape index (κ3) is 2.67. The molecule has 88 valence electrons. The summed E-state index contributed by atoms with van der Waals surface area (Å²) in [5.74, 6) is -0.151. The van der Waals surface area contributed by atoms with Crippen LogP contribution >= 0.6 is 0 Å². The van der Waals surface area contributed by atoms with E-state index in [-0.39, 0.29) is 16.9 Å². The Labute approximate surface area is 95.7 Å². The first-order chi connectivity index (χ1) is 7.93. The van der Waals surface area contributed by atoms with Crippen molar-refractivity contribution in [2.75, 3.05) is 7.11 Å². The Morgan fingerprint density at radius 2 is 1.94 bits per heavy atom. The van der Waals surface area contributed by atoms with Crippen molar-refractivity contribution in [3.63, 3.8) is 0 Å². The summed E-state index contributed by atoms with van der Waals surface area (Å²) in [6, 6.07) is 5.13. The van der Waals surface area contributed by atoms with E-state index >= 15 is 0 Å². The average Bonchev–Trinajstić information content (AvgIpc) is 2.27. The number of halogens is 3. The van der Waals surface area contributed by atoms with Crippen molar-refractivity contribution < 1.29 is 17.9 Å². The van der Waals surface area contributed by atoms with Gasteiger partial charge in [-0.25, -0.2) is 0 Å². The molecule has 17 heavy (non-hydrogen) atoms. The highest BCUT2D eigenvalue weighted by Crippen LogP contribution is 2.36. The molecule has 0 aliphatic heterocycles. The third-order valence-corrected chi connectivity index (χ3v) is 2.12. The van der Waals surface area contributed by atoms with Crippen LogP contribution in [0.1, 0.15) is 16.7 Å². The van der Waals surface area contributed by atoms with E-state index in [1.165, 1.54) is 7.11 Å². The molecular formula is C11H7F3N2O. The van der Waals surface area contributed by atoms with Crippen molar-refractivity contribution in [3.8, 4) is 17.9 Å². The SMILES string of the molecule is COc1cc(C(F)(F)F)c(CC#N)cc1C#N. The van der Waals surface area contributed by atoms with E-state index in [1.54, 1.807) is 12.1 Å². The van der Waals surface area contributed by atoms with E-state index in [9.17, 15) is 13.2 Å². The molecule has 0 radical (unpaired) electrons. The number of ether oxygens (including phenoxy) is 1. The second-order valence-electron chi connectivity index (χ2n) is 3.15. The van der Waals surface area contributed by atoms with Gasteiger partial charge in [-0.15, -0.1) is 0 Å². The minimum atomic E-state index is -4.58. The molecule has 0 heterocycles. The Hall–Kier alpha value is -2.21. The standard InChI is InChI=1S/C11H7F3N2O/c1-17-10-5-9(11(12,13)14)7(2-3-15)4-8(10)6-16/h4-5H,2H2,1H3. The highest BCUT2D eigenvalue weighted by Gasteiger charge is 2.34. The zero-order chi connectivity index (χ0) is 13.1. The van der Waals surface area contributed by atoms with E-state index in [2.05, 4.69) is 0 Å². The molecule has 3 nitrogen and oxygen atoms in total. The van der Waals surface area contributed by atoms with E-state index in [0.29, 0.717) is 0 Å². The molecular weight excluding hydrogens is 233 g/mol. The van der Waals surface area contributed by atoms with Crippen molar-refractivity contribution in [2.24, 2.45) is 0 Å². The molecule has 0 saturated heterocycles. The molecule has 0 atom stereocenters. The van der Waals surface area contributed by atoms with Gasteiger partial charge in [-0.3, -0.25) is 0 Å². The van der Waals surface area contributed by atoms with Crippen LogP contribution in [0.4, 0.5) is 13.2 Å². The van der Waals surface area contributed by atoms with Crippen molar-refractivity contribution in [3.05, 3.63) is 28.8 Å². The summed E-state index contributed by atoms with van der Waals surface area (Å²) in [4.78, 5) is 0. The number of benzene rings is 1. The van der Waals surface area contributed by atoms with Crippen LogP contribution in [0.25, 0.3) is 0 Å². The van der Waals surface area contributed by atoms with E-state index in [4.69, 9.17) is 15.3 Å². The number of hydrogen-bond acceptors (Lipinski definition) is 3. The average molecular weight is 240 g/mol. The zero-order valence-electron chi connectivity index (χ0n) is 8.80. The van der Waals surface area contributed by atoms with Gasteiger partial charge in [0.25, 0.3) is 0 Å². The van der Waals surface area contributed by atoms with Crippen LogP contribution in [-0.2, 0) is 12.6 Å². The van der Waals surface area contributed by atoms with Gasteiger partial charge in [0.1, 0.15) is 11.8 Å². The normalized spacial score (nSPS) is 10.5. The summed E-state index contributed by atoms with van der Waals surface area (Å²) in [5, 5.41) is 17.2. The van der Waals surface area contributed by atoms with Crippen molar-refractivity contribution in [2.45, 2.75) is 12.6 Å². The Bertz CT molecular complexity index is 509. The zero-order valence-corrected chi connectivity index (χ0v) is 8.80. The van der Waals surface area contributed by atoms with Gasteiger partial charge in [-0.1, -0.05) is 0 Å². The third-order valence-electron chi connectivity index (χ3n) is 2.12. The number of hydrogen-bond donors (Lipinski definition) is 0. The van der Waals surface area contributed by atoms with E-state index < -0.39 is 18.2 Å². The first-order valence-electron chi connectivity index (χ1n) is 4.49. The fourth-order valence-electron chi connectivity index (χ4n) is 1.38. The summed E-state index contributed by atoms with van der Waals surface area (Å²) in [7, 11) is 1.18. The van der Waals surface area contributed by atoms with Crippen LogP contribution in [0.5, 0.6) is 5.75 Å². The lowest BCUT2D eigenvalue weighted by molar-refractivity contribution is -0.138. The van der Waals surface area contributed by atoms with Gasteiger partial charge in [0.05, 0.1) is 30.7 Å².